The van der Waals surface area contributed by atoms with Crippen molar-refractivity contribution in [2.75, 3.05) is 13.2 Å². The van der Waals surface area contributed by atoms with Gasteiger partial charge in [-0.3, -0.25) is 0 Å². The first kappa shape index (κ1) is 16.8. The van der Waals surface area contributed by atoms with Gasteiger partial charge in [-0.25, -0.2) is 0 Å². The van der Waals surface area contributed by atoms with Crippen LogP contribution < -0.4 is 10.1 Å². The van der Waals surface area contributed by atoms with Crippen LogP contribution in [0.3, 0.4) is 0 Å². The summed E-state index contributed by atoms with van der Waals surface area (Å²) in [7, 11) is 0. The number of para-hydroxylation sites is 1. The molecule has 1 atom stereocenters. The fraction of sp³-hybridized carbons (Fsp3) is 0.625. The lowest BCUT2D eigenvalue weighted by molar-refractivity contribution is 0.196. The van der Waals surface area contributed by atoms with Crippen LogP contribution in [0.15, 0.2) is 18.2 Å². The van der Waals surface area contributed by atoms with Crippen molar-refractivity contribution >= 4 is 0 Å². The van der Waals surface area contributed by atoms with E-state index in [9.17, 15) is 5.11 Å². The van der Waals surface area contributed by atoms with Crippen LogP contribution in [0.1, 0.15) is 39.7 Å². The third kappa shape index (κ3) is 4.69. The Bertz CT molecular complexity index is 413. The van der Waals surface area contributed by atoms with Crippen molar-refractivity contribution < 1.29 is 14.9 Å². The normalized spacial score (nSPS) is 13.2. The maximum absolute atomic E-state index is 10.2. The van der Waals surface area contributed by atoms with Crippen molar-refractivity contribution in [1.82, 2.24) is 5.32 Å². The molecule has 4 nitrogen and oxygen atoms in total. The molecule has 0 amide bonds. The van der Waals surface area contributed by atoms with Gasteiger partial charge in [0.1, 0.15) is 0 Å². The van der Waals surface area contributed by atoms with Crippen molar-refractivity contribution in [3.05, 3.63) is 23.8 Å². The molecule has 1 aromatic carbocycles. The lowest BCUT2D eigenvalue weighted by Crippen LogP contribution is -2.40. The molecule has 0 aliphatic rings. The van der Waals surface area contributed by atoms with Crippen LogP contribution in [0.5, 0.6) is 11.5 Å². The Kier molecular flexibility index (Phi) is 6.30. The van der Waals surface area contributed by atoms with Crippen LogP contribution in [0.4, 0.5) is 0 Å². The van der Waals surface area contributed by atoms with Gasteiger partial charge in [-0.2, -0.15) is 0 Å². The molecule has 1 aromatic rings. The zero-order valence-electron chi connectivity index (χ0n) is 12.9. The highest BCUT2D eigenvalue weighted by Gasteiger charge is 2.23. The van der Waals surface area contributed by atoms with Crippen molar-refractivity contribution in [2.24, 2.45) is 5.41 Å². The number of benzene rings is 1. The number of phenols is 1. The van der Waals surface area contributed by atoms with E-state index in [1.165, 1.54) is 0 Å². The fourth-order valence-corrected chi connectivity index (χ4v) is 2.19. The summed E-state index contributed by atoms with van der Waals surface area (Å²) in [5.41, 5.74) is 0.860. The maximum atomic E-state index is 10.2. The Balaban J connectivity index is 2.75. The highest BCUT2D eigenvalue weighted by Crippen LogP contribution is 2.30. The second-order valence-corrected chi connectivity index (χ2v) is 6.01. The van der Waals surface area contributed by atoms with Gasteiger partial charge in [0.05, 0.1) is 6.61 Å². The van der Waals surface area contributed by atoms with Gasteiger partial charge in [-0.05, 0) is 24.8 Å². The number of phenolic OH excluding ortho intramolecular Hbond substituents is 1. The van der Waals surface area contributed by atoms with E-state index in [4.69, 9.17) is 9.84 Å². The number of aliphatic hydroxyl groups excluding tert-OH is 1. The van der Waals surface area contributed by atoms with Crippen LogP contribution in [0, 0.1) is 5.41 Å². The van der Waals surface area contributed by atoms with Gasteiger partial charge in [0.2, 0.25) is 0 Å². The zero-order chi connectivity index (χ0) is 15.2. The van der Waals surface area contributed by atoms with Crippen LogP contribution in [-0.2, 0) is 6.54 Å². The summed E-state index contributed by atoms with van der Waals surface area (Å²) in [6, 6.07) is 5.70. The summed E-state index contributed by atoms with van der Waals surface area (Å²) < 4.78 is 5.38. The molecule has 0 fully saturated rings. The minimum atomic E-state index is 0.0515. The molecule has 0 saturated carbocycles. The van der Waals surface area contributed by atoms with Crippen LogP contribution in [-0.4, -0.2) is 29.5 Å². The van der Waals surface area contributed by atoms with E-state index in [2.05, 4.69) is 26.1 Å². The largest absolute Gasteiger partial charge is 0.504 e. The molecule has 0 heterocycles. The second-order valence-electron chi connectivity index (χ2n) is 6.01. The van der Waals surface area contributed by atoms with E-state index in [1.54, 1.807) is 6.07 Å². The third-order valence-electron chi connectivity index (χ3n) is 3.38. The summed E-state index contributed by atoms with van der Waals surface area (Å²) in [4.78, 5) is 0. The zero-order valence-corrected chi connectivity index (χ0v) is 12.9. The monoisotopic (exact) mass is 281 g/mol. The Morgan fingerprint density at radius 3 is 2.55 bits per heavy atom. The van der Waals surface area contributed by atoms with Crippen molar-refractivity contribution in [2.45, 2.75) is 46.7 Å². The van der Waals surface area contributed by atoms with E-state index in [1.807, 2.05) is 19.1 Å². The summed E-state index contributed by atoms with van der Waals surface area (Å²) in [6.45, 7) is 9.53. The van der Waals surface area contributed by atoms with Crippen molar-refractivity contribution in [1.29, 1.82) is 0 Å². The summed E-state index contributed by atoms with van der Waals surface area (Å²) in [6.07, 6.45) is 0.690. The topological polar surface area (TPSA) is 61.7 Å². The number of aliphatic hydroxyl groups is 1. The van der Waals surface area contributed by atoms with Gasteiger partial charge < -0.3 is 20.3 Å². The summed E-state index contributed by atoms with van der Waals surface area (Å²) in [5, 5.41) is 22.7. The number of nitrogens with one attached hydrogen (secondary N) is 1. The van der Waals surface area contributed by atoms with Crippen LogP contribution in [0.25, 0.3) is 0 Å². The predicted molar refractivity (Wildman–Crippen MR) is 81.1 cm³/mol. The van der Waals surface area contributed by atoms with E-state index in [0.29, 0.717) is 25.3 Å². The second kappa shape index (κ2) is 7.50. The Morgan fingerprint density at radius 1 is 1.30 bits per heavy atom. The van der Waals surface area contributed by atoms with E-state index in [-0.39, 0.29) is 23.8 Å². The Labute approximate surface area is 121 Å². The smallest absolute Gasteiger partial charge is 0.162 e. The van der Waals surface area contributed by atoms with Gasteiger partial charge in [-0.15, -0.1) is 0 Å². The Hall–Kier alpha value is -1.26. The highest BCUT2D eigenvalue weighted by molar-refractivity contribution is 5.45. The standard InChI is InChI=1S/C16H27NO3/c1-5-20-13-8-6-7-12(15(13)19)11-17-14(9-10-18)16(2,3)4/h6-8,14,17-19H,5,9-11H2,1-4H3. The van der Waals surface area contributed by atoms with Gasteiger partial charge in [0, 0.05) is 24.8 Å². The van der Waals surface area contributed by atoms with Crippen LogP contribution in [0.2, 0.25) is 0 Å². The maximum Gasteiger partial charge on any atom is 0.162 e. The first-order chi connectivity index (χ1) is 9.40. The third-order valence-corrected chi connectivity index (χ3v) is 3.38. The predicted octanol–water partition coefficient (Wildman–Crippen LogP) is 2.68. The van der Waals surface area contributed by atoms with Gasteiger partial charge in [-0.1, -0.05) is 32.9 Å². The fourth-order valence-electron chi connectivity index (χ4n) is 2.19. The lowest BCUT2D eigenvalue weighted by Gasteiger charge is -2.31. The minimum absolute atomic E-state index is 0.0515. The van der Waals surface area contributed by atoms with E-state index in [0.717, 1.165) is 5.56 Å². The van der Waals surface area contributed by atoms with Gasteiger partial charge >= 0.3 is 0 Å². The number of aromatic hydroxyl groups is 1. The first-order valence-corrected chi connectivity index (χ1v) is 7.18. The first-order valence-electron chi connectivity index (χ1n) is 7.18. The van der Waals surface area contributed by atoms with Crippen molar-refractivity contribution in [3.63, 3.8) is 0 Å². The molecule has 3 N–H and O–H groups in total. The molecule has 0 aliphatic carbocycles. The molecule has 0 saturated heterocycles. The molecule has 1 rings (SSSR count). The molecule has 0 bridgehead atoms. The minimum Gasteiger partial charge on any atom is -0.504 e. The molecule has 1 unspecified atom stereocenters. The average molecular weight is 281 g/mol. The summed E-state index contributed by atoms with van der Waals surface area (Å²) >= 11 is 0. The molecule has 0 spiro atoms. The highest BCUT2D eigenvalue weighted by atomic mass is 16.5. The van der Waals surface area contributed by atoms with Gasteiger partial charge in [0.25, 0.3) is 0 Å². The summed E-state index contributed by atoms with van der Waals surface area (Å²) in [5.74, 6) is 0.708. The van der Waals surface area contributed by atoms with E-state index >= 15 is 0 Å². The molecular weight excluding hydrogens is 254 g/mol. The average Bonchev–Trinajstić information content (AvgIpc) is 2.37. The molecular formula is C16H27NO3. The molecule has 4 heteroatoms. The number of rotatable bonds is 7. The molecule has 0 aromatic heterocycles. The molecule has 0 aliphatic heterocycles. The number of hydrogen-bond acceptors (Lipinski definition) is 4. The molecule has 114 valence electrons. The quantitative estimate of drug-likeness (QED) is 0.719. The SMILES string of the molecule is CCOc1cccc(CNC(CCO)C(C)(C)C)c1O. The lowest BCUT2D eigenvalue weighted by atomic mass is 9.85. The Morgan fingerprint density at radius 2 is 2.00 bits per heavy atom. The molecule has 20 heavy (non-hydrogen) atoms. The van der Waals surface area contributed by atoms with Crippen LogP contribution >= 0.6 is 0 Å². The number of hydrogen-bond donors (Lipinski definition) is 3. The van der Waals surface area contributed by atoms with Gasteiger partial charge in [0.15, 0.2) is 11.5 Å². The molecule has 0 radical (unpaired) electrons. The number of ether oxygens (including phenoxy) is 1. The van der Waals surface area contributed by atoms with Crippen molar-refractivity contribution in [3.8, 4) is 11.5 Å². The van der Waals surface area contributed by atoms with E-state index < -0.39 is 0 Å².